The number of aromatic amines is 1. The fourth-order valence-electron chi connectivity index (χ4n) is 3.31. The first kappa shape index (κ1) is 22.8. The van der Waals surface area contributed by atoms with E-state index in [4.69, 9.17) is 4.74 Å². The number of H-pyrrole nitrogens is 1. The molecule has 0 atom stereocenters. The highest BCUT2D eigenvalue weighted by molar-refractivity contribution is 6.09. The molecule has 0 fully saturated rings. The van der Waals surface area contributed by atoms with Crippen LogP contribution in [0.15, 0.2) is 27.8 Å². The van der Waals surface area contributed by atoms with Crippen LogP contribution in [-0.4, -0.2) is 27.9 Å². The molecule has 1 aromatic carbocycles. The lowest BCUT2D eigenvalue weighted by atomic mass is 9.95. The molecule has 2 rings (SSSR count). The third-order valence-electron chi connectivity index (χ3n) is 4.56. The third-order valence-corrected chi connectivity index (χ3v) is 4.56. The Bertz CT molecular complexity index is 1120. The molecule has 1 N–H and O–H groups in total. The monoisotopic (exact) mass is 411 g/mol. The number of carbonyl (C=O) groups excluding carboxylic acids is 2. The highest BCUT2D eigenvalue weighted by atomic mass is 16.5. The minimum atomic E-state index is -0.718. The fraction of sp³-hybridized carbons (Fsp3) is 0.409. The van der Waals surface area contributed by atoms with E-state index in [-0.39, 0.29) is 48.7 Å². The number of nitrogens with one attached hydrogen (secondary N) is 1. The number of benzene rings is 1. The van der Waals surface area contributed by atoms with Gasteiger partial charge in [0.1, 0.15) is 5.69 Å². The van der Waals surface area contributed by atoms with E-state index in [0.717, 1.165) is 0 Å². The van der Waals surface area contributed by atoms with Crippen molar-refractivity contribution in [1.82, 2.24) is 9.55 Å². The zero-order valence-corrected chi connectivity index (χ0v) is 17.6. The Labute approximate surface area is 174 Å². The third kappa shape index (κ3) is 5.11. The van der Waals surface area contributed by atoms with Gasteiger partial charge >= 0.3 is 11.7 Å². The molecule has 0 amide bonds. The van der Waals surface area contributed by atoms with Crippen molar-refractivity contribution < 1.29 is 14.3 Å². The molecule has 0 spiro atoms. The summed E-state index contributed by atoms with van der Waals surface area (Å²) in [5.74, 6) is -1.24. The maximum absolute atomic E-state index is 13.4. The van der Waals surface area contributed by atoms with Crippen molar-refractivity contribution in [3.8, 4) is 6.07 Å². The first-order valence-corrected chi connectivity index (χ1v) is 9.78. The number of ketones is 1. The summed E-state index contributed by atoms with van der Waals surface area (Å²) in [6.45, 7) is 7.29. The van der Waals surface area contributed by atoms with Gasteiger partial charge in [0.05, 0.1) is 18.2 Å². The molecule has 0 aliphatic carbocycles. The van der Waals surface area contributed by atoms with Gasteiger partial charge in [-0.05, 0) is 49.9 Å². The van der Waals surface area contributed by atoms with E-state index in [1.807, 2.05) is 6.07 Å². The van der Waals surface area contributed by atoms with Crippen LogP contribution >= 0.6 is 0 Å². The van der Waals surface area contributed by atoms with E-state index in [1.165, 1.54) is 10.6 Å². The fourth-order valence-corrected chi connectivity index (χ4v) is 3.31. The number of nitriles is 1. The summed E-state index contributed by atoms with van der Waals surface area (Å²) in [6, 6.07) is 6.70. The Hall–Kier alpha value is -3.47. The number of aryl methyl sites for hydroxylation is 1. The lowest BCUT2D eigenvalue weighted by molar-refractivity contribution is -0.143. The quantitative estimate of drug-likeness (QED) is 0.526. The predicted octanol–water partition coefficient (Wildman–Crippen LogP) is 2.41. The number of esters is 1. The van der Waals surface area contributed by atoms with E-state index >= 15 is 0 Å². The van der Waals surface area contributed by atoms with Crippen LogP contribution in [0, 0.1) is 18.3 Å². The molecule has 0 radical (unpaired) electrons. The summed E-state index contributed by atoms with van der Waals surface area (Å²) in [5, 5.41) is 9.22. The largest absolute Gasteiger partial charge is 0.466 e. The van der Waals surface area contributed by atoms with Crippen LogP contribution in [0.1, 0.15) is 72.3 Å². The Morgan fingerprint density at radius 1 is 1.23 bits per heavy atom. The highest BCUT2D eigenvalue weighted by Crippen LogP contribution is 2.20. The van der Waals surface area contributed by atoms with Crippen LogP contribution < -0.4 is 11.2 Å². The summed E-state index contributed by atoms with van der Waals surface area (Å²) >= 11 is 0. The Kier molecular flexibility index (Phi) is 7.48. The van der Waals surface area contributed by atoms with Crippen LogP contribution in [0.3, 0.4) is 0 Å². The van der Waals surface area contributed by atoms with Gasteiger partial charge in [0.2, 0.25) is 5.78 Å². The number of aromatic nitrogens is 2. The van der Waals surface area contributed by atoms with Gasteiger partial charge in [0.15, 0.2) is 0 Å². The van der Waals surface area contributed by atoms with Crippen LogP contribution in [0.2, 0.25) is 0 Å². The van der Waals surface area contributed by atoms with E-state index in [0.29, 0.717) is 11.1 Å². The van der Waals surface area contributed by atoms with Crippen molar-refractivity contribution in [1.29, 1.82) is 5.26 Å². The highest BCUT2D eigenvalue weighted by Gasteiger charge is 2.25. The van der Waals surface area contributed by atoms with Gasteiger partial charge in [-0.1, -0.05) is 13.8 Å². The molecule has 0 saturated carbocycles. The zero-order chi connectivity index (χ0) is 22.4. The molecule has 30 heavy (non-hydrogen) atoms. The van der Waals surface area contributed by atoms with Crippen molar-refractivity contribution >= 4 is 11.8 Å². The van der Waals surface area contributed by atoms with Crippen molar-refractivity contribution in [3.63, 3.8) is 0 Å². The Balaban J connectivity index is 2.60. The van der Waals surface area contributed by atoms with E-state index < -0.39 is 23.0 Å². The van der Waals surface area contributed by atoms with Gasteiger partial charge in [-0.15, -0.1) is 0 Å². The maximum atomic E-state index is 13.4. The molecular weight excluding hydrogens is 386 g/mol. The first-order valence-electron chi connectivity index (χ1n) is 9.78. The molecule has 0 aliphatic heterocycles. The molecule has 8 nitrogen and oxygen atoms in total. The van der Waals surface area contributed by atoms with Crippen molar-refractivity contribution in [2.24, 2.45) is 0 Å². The molecule has 0 saturated heterocycles. The maximum Gasteiger partial charge on any atom is 0.328 e. The van der Waals surface area contributed by atoms with Crippen molar-refractivity contribution in [3.05, 3.63) is 67.0 Å². The van der Waals surface area contributed by atoms with Crippen LogP contribution in [-0.2, 0) is 16.1 Å². The summed E-state index contributed by atoms with van der Waals surface area (Å²) in [4.78, 5) is 52.3. The number of hydrogen-bond donors (Lipinski definition) is 1. The average molecular weight is 411 g/mol. The normalized spacial score (nSPS) is 10.7. The SMILES string of the molecule is CCOC(=O)CCCn1c(C(=O)c2cc(C)cc(C#N)c2)c(C(C)C)c(=O)[nH]c1=O. The Morgan fingerprint density at radius 3 is 2.53 bits per heavy atom. The van der Waals surface area contributed by atoms with Crippen LogP contribution in [0.4, 0.5) is 0 Å². The molecule has 158 valence electrons. The lowest BCUT2D eigenvalue weighted by Gasteiger charge is -2.17. The number of carbonyl (C=O) groups is 2. The van der Waals surface area contributed by atoms with Gasteiger partial charge in [-0.3, -0.25) is 23.9 Å². The molecule has 1 aromatic heterocycles. The second-order valence-corrected chi connectivity index (χ2v) is 7.27. The van der Waals surface area contributed by atoms with E-state index in [1.54, 1.807) is 39.8 Å². The first-order chi connectivity index (χ1) is 14.2. The zero-order valence-electron chi connectivity index (χ0n) is 17.6. The molecule has 1 heterocycles. The minimum Gasteiger partial charge on any atom is -0.466 e. The molecule has 0 aliphatic rings. The Morgan fingerprint density at radius 2 is 1.93 bits per heavy atom. The van der Waals surface area contributed by atoms with Crippen molar-refractivity contribution in [2.45, 2.75) is 53.0 Å². The van der Waals surface area contributed by atoms with Gasteiger partial charge in [0.25, 0.3) is 5.56 Å². The van der Waals surface area contributed by atoms with Gasteiger partial charge in [0, 0.05) is 24.1 Å². The number of rotatable bonds is 8. The predicted molar refractivity (Wildman–Crippen MR) is 111 cm³/mol. The number of nitrogens with zero attached hydrogens (tertiary/aromatic N) is 2. The number of ether oxygens (including phenoxy) is 1. The standard InChI is InChI=1S/C22H25N3O5/c1-5-30-17(26)7-6-8-25-19(18(13(2)3)21(28)24-22(25)29)20(27)16-10-14(4)9-15(11-16)12-23/h9-11,13H,5-8H2,1-4H3,(H,24,28,29). The van der Waals surface area contributed by atoms with Crippen LogP contribution in [0.5, 0.6) is 0 Å². The summed E-state index contributed by atoms with van der Waals surface area (Å²) in [5.41, 5.74) is 0.0819. The summed E-state index contributed by atoms with van der Waals surface area (Å²) < 4.78 is 6.10. The molecule has 2 aromatic rings. The van der Waals surface area contributed by atoms with E-state index in [2.05, 4.69) is 4.98 Å². The second-order valence-electron chi connectivity index (χ2n) is 7.27. The molecule has 0 unspecified atom stereocenters. The minimum absolute atomic E-state index is 0.0166. The van der Waals surface area contributed by atoms with Gasteiger partial charge < -0.3 is 4.74 Å². The molecular formula is C22H25N3O5. The van der Waals surface area contributed by atoms with Crippen molar-refractivity contribution in [2.75, 3.05) is 6.61 Å². The van der Waals surface area contributed by atoms with Gasteiger partial charge in [-0.25, -0.2) is 4.79 Å². The smallest absolute Gasteiger partial charge is 0.328 e. The van der Waals surface area contributed by atoms with Gasteiger partial charge in [-0.2, -0.15) is 5.26 Å². The molecule has 8 heteroatoms. The summed E-state index contributed by atoms with van der Waals surface area (Å²) in [6.07, 6.45) is 0.340. The van der Waals surface area contributed by atoms with Crippen LogP contribution in [0.25, 0.3) is 0 Å². The lowest BCUT2D eigenvalue weighted by Crippen LogP contribution is -2.38. The molecule has 0 bridgehead atoms. The number of hydrogen-bond acceptors (Lipinski definition) is 6. The summed E-state index contributed by atoms with van der Waals surface area (Å²) in [7, 11) is 0. The topological polar surface area (TPSA) is 122 Å². The second kappa shape index (κ2) is 9.83. The van der Waals surface area contributed by atoms with E-state index in [9.17, 15) is 24.4 Å². The average Bonchev–Trinajstić information content (AvgIpc) is 2.67.